The summed E-state index contributed by atoms with van der Waals surface area (Å²) < 4.78 is 43.3. The topological polar surface area (TPSA) is 58.9 Å². The third kappa shape index (κ3) is 3.20. The van der Waals surface area contributed by atoms with Crippen molar-refractivity contribution in [2.24, 2.45) is 10.2 Å². The highest BCUT2D eigenvalue weighted by Crippen LogP contribution is 2.36. The number of hydrogen-bond acceptors (Lipinski definition) is 5. The Hall–Kier alpha value is -1.74. The van der Waals surface area contributed by atoms with E-state index in [9.17, 15) is 13.2 Å². The highest BCUT2D eigenvalue weighted by Gasteiger charge is 2.40. The number of aromatic nitrogens is 1. The van der Waals surface area contributed by atoms with Crippen molar-refractivity contribution in [2.45, 2.75) is 18.8 Å². The van der Waals surface area contributed by atoms with Crippen LogP contribution in [0.1, 0.15) is 12.5 Å². The monoisotopic (exact) mass is 350 g/mol. The summed E-state index contributed by atoms with van der Waals surface area (Å²) >= 11 is 10.9. The molecule has 0 aliphatic carbocycles. The zero-order valence-corrected chi connectivity index (χ0v) is 13.0. The number of halogens is 4. The number of nitrogens with one attached hydrogen (secondary N) is 1. The van der Waals surface area contributed by atoms with Gasteiger partial charge in [0, 0.05) is 19.3 Å². The molecule has 0 radical (unpaired) electrons. The molecule has 10 heteroatoms. The minimum Gasteiger partial charge on any atom is -0.435 e. The Kier molecular flexibility index (Phi) is 4.39. The third-order valence-electron chi connectivity index (χ3n) is 2.70. The number of ether oxygens (including phenoxy) is 1. The molecule has 2 heterocycles. The van der Waals surface area contributed by atoms with Gasteiger partial charge < -0.3 is 10.1 Å². The lowest BCUT2D eigenvalue weighted by Gasteiger charge is -2.24. The predicted molar refractivity (Wildman–Crippen MR) is 77.9 cm³/mol. The number of pyridine rings is 1. The van der Waals surface area contributed by atoms with Crippen LogP contribution in [0.4, 0.5) is 13.2 Å². The molecule has 1 unspecified atom stereocenters. The number of nitrogens with zero attached hydrogens (tertiary/aromatic N) is 3. The van der Waals surface area contributed by atoms with Crippen molar-refractivity contribution in [1.82, 2.24) is 10.3 Å². The molecule has 0 saturated carbocycles. The lowest BCUT2D eigenvalue weighted by atomic mass is 10.2. The van der Waals surface area contributed by atoms with Gasteiger partial charge in [0.2, 0.25) is 5.88 Å². The second kappa shape index (κ2) is 5.81. The first-order chi connectivity index (χ1) is 10.2. The van der Waals surface area contributed by atoms with Crippen LogP contribution >= 0.6 is 23.8 Å². The summed E-state index contributed by atoms with van der Waals surface area (Å²) in [6.07, 6.45) is -2.40. The first-order valence-corrected chi connectivity index (χ1v) is 6.73. The summed E-state index contributed by atoms with van der Waals surface area (Å²) in [7, 11) is 1.56. The van der Waals surface area contributed by atoms with Crippen LogP contribution in [0.25, 0.3) is 0 Å². The maximum absolute atomic E-state index is 12.6. The first-order valence-electron chi connectivity index (χ1n) is 5.94. The zero-order chi connectivity index (χ0) is 16.5. The van der Waals surface area contributed by atoms with Crippen molar-refractivity contribution in [3.8, 4) is 5.88 Å². The van der Waals surface area contributed by atoms with Crippen molar-refractivity contribution in [3.05, 3.63) is 34.6 Å². The predicted octanol–water partition coefficient (Wildman–Crippen LogP) is 3.75. The molecule has 1 N–H and O–H groups in total. The maximum atomic E-state index is 12.6. The quantitative estimate of drug-likeness (QED) is 0.843. The van der Waals surface area contributed by atoms with Crippen LogP contribution in [-0.2, 0) is 6.18 Å². The fourth-order valence-corrected chi connectivity index (χ4v) is 2.03. The molecule has 1 aromatic rings. The molecule has 0 amide bonds. The van der Waals surface area contributed by atoms with Crippen molar-refractivity contribution < 1.29 is 17.9 Å². The molecule has 118 valence electrons. The number of azo groups is 1. The molecule has 1 aliphatic heterocycles. The first kappa shape index (κ1) is 16.6. The van der Waals surface area contributed by atoms with Crippen LogP contribution < -0.4 is 10.1 Å². The minimum atomic E-state index is -4.54. The standard InChI is InChI=1S/C12H10ClF3N4OS/c1-6-4-11(20-19-6,10(22)17-2)21-9-8(13)3-7(5-18-9)12(14,15)16/h3-5H,1-2H3,(H,17,22). The van der Waals surface area contributed by atoms with Gasteiger partial charge in [-0.25, -0.2) is 4.98 Å². The van der Waals surface area contributed by atoms with Crippen molar-refractivity contribution in [2.75, 3.05) is 7.05 Å². The van der Waals surface area contributed by atoms with Gasteiger partial charge in [0.25, 0.3) is 5.72 Å². The number of hydrogen-bond donors (Lipinski definition) is 1. The number of likely N-dealkylation sites (N-methyl/N-ethyl adjacent to an activating group) is 1. The maximum Gasteiger partial charge on any atom is 0.417 e. The van der Waals surface area contributed by atoms with Gasteiger partial charge in [-0.15, -0.1) is 5.11 Å². The zero-order valence-electron chi connectivity index (χ0n) is 11.4. The van der Waals surface area contributed by atoms with E-state index < -0.39 is 17.5 Å². The fraction of sp³-hybridized carbons (Fsp3) is 0.333. The Labute approximate surface area is 134 Å². The Balaban J connectivity index is 2.37. The summed E-state index contributed by atoms with van der Waals surface area (Å²) in [6.45, 7) is 1.68. The van der Waals surface area contributed by atoms with E-state index in [1.807, 2.05) is 0 Å². The molecule has 5 nitrogen and oxygen atoms in total. The molecule has 2 rings (SSSR count). The molecule has 0 bridgehead atoms. The summed E-state index contributed by atoms with van der Waals surface area (Å²) in [6, 6.07) is 0.725. The normalized spacial score (nSPS) is 20.7. The van der Waals surface area contributed by atoms with E-state index >= 15 is 0 Å². The van der Waals surface area contributed by atoms with Crippen LogP contribution in [0.3, 0.4) is 0 Å². The molecule has 1 aromatic heterocycles. The summed E-state index contributed by atoms with van der Waals surface area (Å²) in [5.74, 6) is -0.225. The van der Waals surface area contributed by atoms with Crippen LogP contribution in [-0.4, -0.2) is 22.7 Å². The molecule has 0 fully saturated rings. The molecular formula is C12H10ClF3N4OS. The van der Waals surface area contributed by atoms with E-state index in [2.05, 4.69) is 20.5 Å². The largest absolute Gasteiger partial charge is 0.435 e. The van der Waals surface area contributed by atoms with Crippen LogP contribution in [0, 0.1) is 0 Å². The molecule has 0 spiro atoms. The molecule has 1 atom stereocenters. The molecule has 0 aromatic carbocycles. The molecular weight excluding hydrogens is 341 g/mol. The van der Waals surface area contributed by atoms with Gasteiger partial charge in [0.1, 0.15) is 10.0 Å². The smallest absolute Gasteiger partial charge is 0.417 e. The van der Waals surface area contributed by atoms with Gasteiger partial charge in [0.15, 0.2) is 0 Å². The lowest BCUT2D eigenvalue weighted by Crippen LogP contribution is -2.45. The number of thiocarbonyl (C=S) groups is 1. The van der Waals surface area contributed by atoms with Gasteiger partial charge in [-0.2, -0.15) is 18.3 Å². The minimum absolute atomic E-state index is 0.172. The van der Waals surface area contributed by atoms with Gasteiger partial charge in [-0.1, -0.05) is 23.8 Å². The van der Waals surface area contributed by atoms with E-state index in [4.69, 9.17) is 28.6 Å². The summed E-state index contributed by atoms with van der Waals surface area (Å²) in [5.41, 5.74) is -1.90. The van der Waals surface area contributed by atoms with Crippen LogP contribution in [0.2, 0.25) is 5.02 Å². The van der Waals surface area contributed by atoms with Crippen molar-refractivity contribution >= 4 is 28.8 Å². The van der Waals surface area contributed by atoms with Gasteiger partial charge >= 0.3 is 6.18 Å². The SMILES string of the molecule is CNC(=S)C1(Oc2ncc(C(F)(F)F)cc2Cl)C=C(C)N=N1. The molecule has 22 heavy (non-hydrogen) atoms. The van der Waals surface area contributed by atoms with E-state index in [0.29, 0.717) is 11.9 Å². The van der Waals surface area contributed by atoms with Gasteiger partial charge in [-0.05, 0) is 13.0 Å². The lowest BCUT2D eigenvalue weighted by molar-refractivity contribution is -0.137. The molecule has 0 saturated heterocycles. The van der Waals surface area contributed by atoms with Crippen LogP contribution in [0.5, 0.6) is 5.88 Å². The Morgan fingerprint density at radius 2 is 2.14 bits per heavy atom. The second-order valence-corrected chi connectivity index (χ2v) is 5.19. The number of alkyl halides is 3. The van der Waals surface area contributed by atoms with Crippen molar-refractivity contribution in [3.63, 3.8) is 0 Å². The number of allylic oxidation sites excluding steroid dienone is 1. The Morgan fingerprint density at radius 3 is 2.59 bits per heavy atom. The second-order valence-electron chi connectivity index (χ2n) is 4.37. The van der Waals surface area contributed by atoms with E-state index in [1.165, 1.54) is 6.08 Å². The Bertz CT molecular complexity index is 677. The average Bonchev–Trinajstić information content (AvgIpc) is 2.81. The van der Waals surface area contributed by atoms with E-state index in [0.717, 1.165) is 6.07 Å². The number of rotatable bonds is 3. The Morgan fingerprint density at radius 1 is 1.45 bits per heavy atom. The van der Waals surface area contributed by atoms with E-state index in [1.54, 1.807) is 14.0 Å². The highest BCUT2D eigenvalue weighted by molar-refractivity contribution is 7.80. The van der Waals surface area contributed by atoms with Crippen molar-refractivity contribution in [1.29, 1.82) is 0 Å². The highest BCUT2D eigenvalue weighted by atomic mass is 35.5. The van der Waals surface area contributed by atoms with Gasteiger partial charge in [0.05, 0.1) is 11.3 Å². The summed E-state index contributed by atoms with van der Waals surface area (Å²) in [4.78, 5) is 3.77. The fourth-order valence-electron chi connectivity index (χ4n) is 1.68. The third-order valence-corrected chi connectivity index (χ3v) is 3.47. The summed E-state index contributed by atoms with van der Waals surface area (Å²) in [5, 5.41) is 10.1. The van der Waals surface area contributed by atoms with Crippen LogP contribution in [0.15, 0.2) is 34.3 Å². The van der Waals surface area contributed by atoms with Gasteiger partial charge in [-0.3, -0.25) is 0 Å². The molecule has 1 aliphatic rings. The average molecular weight is 351 g/mol. The van der Waals surface area contributed by atoms with E-state index in [-0.39, 0.29) is 15.9 Å².